The Kier molecular flexibility index (Phi) is 5.83. The molecule has 0 heterocycles. The second-order valence-electron chi connectivity index (χ2n) is 3.92. The summed E-state index contributed by atoms with van der Waals surface area (Å²) >= 11 is 5.32. The van der Waals surface area contributed by atoms with Crippen LogP contribution in [0.2, 0.25) is 0 Å². The molecule has 90 valence electrons. The molecule has 1 aromatic carbocycles. The van der Waals surface area contributed by atoms with E-state index >= 15 is 0 Å². The molecular weight excluding hydrogens is 286 g/mol. The molecule has 1 rings (SSSR count). The summed E-state index contributed by atoms with van der Waals surface area (Å²) in [5, 5.41) is 9.28. The zero-order chi connectivity index (χ0) is 12.1. The highest BCUT2D eigenvalue weighted by molar-refractivity contribution is 9.10. The van der Waals surface area contributed by atoms with E-state index < -0.39 is 0 Å². The molecule has 0 aliphatic rings. The first-order chi connectivity index (χ1) is 7.54. The average Bonchev–Trinajstić information content (AvgIpc) is 2.21. The highest BCUT2D eigenvalue weighted by atomic mass is 79.9. The number of benzene rings is 1. The molecule has 4 heteroatoms. The first kappa shape index (κ1) is 14.0. The third-order valence-corrected chi connectivity index (χ3v) is 4.51. The highest BCUT2D eigenvalue weighted by Crippen LogP contribution is 2.33. The van der Waals surface area contributed by atoms with Crippen molar-refractivity contribution in [3.63, 3.8) is 0 Å². The van der Waals surface area contributed by atoms with E-state index in [1.807, 2.05) is 6.92 Å². The van der Waals surface area contributed by atoms with Gasteiger partial charge in [-0.05, 0) is 47.0 Å². The summed E-state index contributed by atoms with van der Waals surface area (Å²) in [6, 6.07) is 6.27. The Balaban J connectivity index is 2.75. The number of aliphatic hydroxyl groups excluding tert-OH is 1. The maximum atomic E-state index is 8.86. The molecule has 2 nitrogen and oxygen atoms in total. The van der Waals surface area contributed by atoms with Crippen LogP contribution in [0.25, 0.3) is 0 Å². The summed E-state index contributed by atoms with van der Waals surface area (Å²) in [6.45, 7) is 4.33. The van der Waals surface area contributed by atoms with E-state index in [1.54, 1.807) is 11.8 Å². The normalized spacial score (nSPS) is 14.8. The number of hydrogen-bond donors (Lipinski definition) is 2. The number of halogens is 1. The minimum absolute atomic E-state index is 0.0604. The van der Waals surface area contributed by atoms with E-state index in [-0.39, 0.29) is 12.6 Å². The minimum Gasteiger partial charge on any atom is -0.396 e. The summed E-state index contributed by atoms with van der Waals surface area (Å²) in [6.07, 6.45) is 0.812. The molecule has 0 saturated heterocycles. The lowest BCUT2D eigenvalue weighted by Crippen LogP contribution is -2.05. The Hall–Kier alpha value is -0.0300. The molecule has 0 spiro atoms. The van der Waals surface area contributed by atoms with Crippen LogP contribution < -0.4 is 5.73 Å². The van der Waals surface area contributed by atoms with Crippen LogP contribution in [0, 0.1) is 0 Å². The second-order valence-corrected chi connectivity index (χ2v) is 6.25. The van der Waals surface area contributed by atoms with E-state index in [9.17, 15) is 0 Å². The summed E-state index contributed by atoms with van der Waals surface area (Å²) in [5.41, 5.74) is 6.95. The Labute approximate surface area is 110 Å². The van der Waals surface area contributed by atoms with Crippen LogP contribution in [0.5, 0.6) is 0 Å². The third-order valence-electron chi connectivity index (χ3n) is 2.35. The van der Waals surface area contributed by atoms with E-state index in [4.69, 9.17) is 10.8 Å². The van der Waals surface area contributed by atoms with Crippen molar-refractivity contribution in [3.05, 3.63) is 28.2 Å². The maximum absolute atomic E-state index is 8.86. The Bertz CT molecular complexity index is 344. The Morgan fingerprint density at radius 1 is 1.44 bits per heavy atom. The number of rotatable bonds is 5. The van der Waals surface area contributed by atoms with Crippen molar-refractivity contribution >= 4 is 27.7 Å². The second kappa shape index (κ2) is 6.64. The molecule has 0 aliphatic carbocycles. The first-order valence-corrected chi connectivity index (χ1v) is 7.04. The molecule has 2 atom stereocenters. The van der Waals surface area contributed by atoms with Gasteiger partial charge in [0.15, 0.2) is 0 Å². The van der Waals surface area contributed by atoms with Gasteiger partial charge in [0, 0.05) is 27.3 Å². The van der Waals surface area contributed by atoms with E-state index in [0.717, 1.165) is 16.5 Å². The van der Waals surface area contributed by atoms with Crippen molar-refractivity contribution in [2.75, 3.05) is 6.61 Å². The van der Waals surface area contributed by atoms with Crippen molar-refractivity contribution in [3.8, 4) is 0 Å². The van der Waals surface area contributed by atoms with Gasteiger partial charge in [-0.15, -0.1) is 11.8 Å². The fourth-order valence-corrected chi connectivity index (χ4v) is 3.01. The summed E-state index contributed by atoms with van der Waals surface area (Å²) in [5.74, 6) is 0. The van der Waals surface area contributed by atoms with Gasteiger partial charge in [-0.1, -0.05) is 13.0 Å². The molecule has 0 saturated carbocycles. The monoisotopic (exact) mass is 303 g/mol. The lowest BCUT2D eigenvalue weighted by molar-refractivity contribution is 0.289. The molecule has 16 heavy (non-hydrogen) atoms. The third kappa shape index (κ3) is 4.09. The van der Waals surface area contributed by atoms with Gasteiger partial charge in [0.1, 0.15) is 0 Å². The van der Waals surface area contributed by atoms with Crippen molar-refractivity contribution in [1.82, 2.24) is 0 Å². The number of thioether (sulfide) groups is 1. The van der Waals surface area contributed by atoms with Crippen molar-refractivity contribution in [2.24, 2.45) is 5.73 Å². The molecule has 1 aromatic rings. The Morgan fingerprint density at radius 3 is 2.62 bits per heavy atom. The molecule has 0 bridgehead atoms. The molecule has 1 unspecified atom stereocenters. The molecule has 0 amide bonds. The number of aliphatic hydroxyl groups is 1. The zero-order valence-corrected chi connectivity index (χ0v) is 12.0. The average molecular weight is 304 g/mol. The fraction of sp³-hybridized carbons (Fsp3) is 0.500. The smallest absolute Gasteiger partial charge is 0.0441 e. The Morgan fingerprint density at radius 2 is 2.12 bits per heavy atom. The van der Waals surface area contributed by atoms with Gasteiger partial charge in [-0.25, -0.2) is 0 Å². The van der Waals surface area contributed by atoms with Gasteiger partial charge in [-0.2, -0.15) is 0 Å². The molecule has 0 radical (unpaired) electrons. The topological polar surface area (TPSA) is 46.2 Å². The molecule has 3 N–H and O–H groups in total. The standard InChI is InChI=1S/C12H18BrNOS/c1-8(5-6-15)16-12-4-3-10(9(2)14)7-11(12)13/h3-4,7-9,15H,5-6,14H2,1-2H3/t8?,9-/m1/s1. The first-order valence-electron chi connectivity index (χ1n) is 5.37. The molecule has 0 fully saturated rings. The maximum Gasteiger partial charge on any atom is 0.0441 e. The SMILES string of the molecule is CC(CCO)Sc1ccc([C@@H](C)N)cc1Br. The minimum atomic E-state index is 0.0604. The largest absolute Gasteiger partial charge is 0.396 e. The van der Waals surface area contributed by atoms with Gasteiger partial charge in [0.25, 0.3) is 0 Å². The van der Waals surface area contributed by atoms with Gasteiger partial charge in [0.05, 0.1) is 0 Å². The van der Waals surface area contributed by atoms with Crippen LogP contribution in [-0.4, -0.2) is 17.0 Å². The predicted octanol–water partition coefficient (Wildman–Crippen LogP) is 3.33. The van der Waals surface area contributed by atoms with Gasteiger partial charge in [0.2, 0.25) is 0 Å². The number of nitrogens with two attached hydrogens (primary N) is 1. The lowest BCUT2D eigenvalue weighted by atomic mass is 10.1. The molecule has 0 aromatic heterocycles. The quantitative estimate of drug-likeness (QED) is 0.820. The van der Waals surface area contributed by atoms with Crippen LogP contribution in [0.4, 0.5) is 0 Å². The highest BCUT2D eigenvalue weighted by Gasteiger charge is 2.08. The van der Waals surface area contributed by atoms with Gasteiger partial charge >= 0.3 is 0 Å². The van der Waals surface area contributed by atoms with Crippen LogP contribution >= 0.6 is 27.7 Å². The molecule has 0 aliphatic heterocycles. The van der Waals surface area contributed by atoms with E-state index in [0.29, 0.717) is 5.25 Å². The van der Waals surface area contributed by atoms with Crippen molar-refractivity contribution in [2.45, 2.75) is 36.5 Å². The molecular formula is C12H18BrNOS. The van der Waals surface area contributed by atoms with Crippen LogP contribution in [0.15, 0.2) is 27.6 Å². The van der Waals surface area contributed by atoms with E-state index in [2.05, 4.69) is 41.1 Å². The van der Waals surface area contributed by atoms with Crippen molar-refractivity contribution in [1.29, 1.82) is 0 Å². The van der Waals surface area contributed by atoms with Crippen LogP contribution in [-0.2, 0) is 0 Å². The summed E-state index contributed by atoms with van der Waals surface area (Å²) < 4.78 is 1.08. The summed E-state index contributed by atoms with van der Waals surface area (Å²) in [4.78, 5) is 1.20. The fourth-order valence-electron chi connectivity index (χ4n) is 1.35. The van der Waals surface area contributed by atoms with Gasteiger partial charge < -0.3 is 10.8 Å². The van der Waals surface area contributed by atoms with Crippen molar-refractivity contribution < 1.29 is 5.11 Å². The van der Waals surface area contributed by atoms with Gasteiger partial charge in [-0.3, -0.25) is 0 Å². The number of hydrogen-bond acceptors (Lipinski definition) is 3. The predicted molar refractivity (Wildman–Crippen MR) is 73.8 cm³/mol. The van der Waals surface area contributed by atoms with E-state index in [1.165, 1.54) is 4.90 Å². The lowest BCUT2D eigenvalue weighted by Gasteiger charge is -2.13. The van der Waals surface area contributed by atoms with Crippen LogP contribution in [0.1, 0.15) is 31.9 Å². The van der Waals surface area contributed by atoms with Crippen LogP contribution in [0.3, 0.4) is 0 Å². The zero-order valence-electron chi connectivity index (χ0n) is 9.61. The summed E-state index contributed by atoms with van der Waals surface area (Å²) in [7, 11) is 0.